The summed E-state index contributed by atoms with van der Waals surface area (Å²) in [7, 11) is 0. The molecule has 0 saturated heterocycles. The first-order valence-electron chi connectivity index (χ1n) is 6.90. The minimum Gasteiger partial charge on any atom is -0.481 e. The number of hydrogen-bond acceptors (Lipinski definition) is 4. The Morgan fingerprint density at radius 2 is 2.09 bits per heavy atom. The number of aliphatic imine (C=N–C) groups is 1. The zero-order valence-corrected chi connectivity index (χ0v) is 13.7. The molecule has 0 bridgehead atoms. The van der Waals surface area contributed by atoms with Crippen LogP contribution in [0.1, 0.15) is 23.1 Å². The largest absolute Gasteiger partial charge is 0.481 e. The lowest BCUT2D eigenvalue weighted by Gasteiger charge is -2.09. The van der Waals surface area contributed by atoms with Crippen LogP contribution in [0.4, 0.5) is 5.00 Å². The van der Waals surface area contributed by atoms with Gasteiger partial charge in [-0.1, -0.05) is 23.7 Å². The summed E-state index contributed by atoms with van der Waals surface area (Å²) in [5.41, 5.74) is 3.22. The highest BCUT2D eigenvalue weighted by molar-refractivity contribution is 7.15. The Morgan fingerprint density at radius 3 is 2.74 bits per heavy atom. The topological polar surface area (TPSA) is 78.8 Å². The Balaban J connectivity index is 2.16. The molecule has 7 heteroatoms. The van der Waals surface area contributed by atoms with Crippen molar-refractivity contribution in [1.82, 2.24) is 0 Å². The van der Waals surface area contributed by atoms with E-state index in [-0.39, 0.29) is 6.42 Å². The molecule has 0 fully saturated rings. The second-order valence-electron chi connectivity index (χ2n) is 5.21. The van der Waals surface area contributed by atoms with E-state index < -0.39 is 17.9 Å². The number of carbonyl (C=O) groups is 2. The highest BCUT2D eigenvalue weighted by Gasteiger charge is 2.29. The number of carboxylic acids is 1. The van der Waals surface area contributed by atoms with Gasteiger partial charge in [-0.15, -0.1) is 11.3 Å². The minimum absolute atomic E-state index is 0.350. The van der Waals surface area contributed by atoms with Crippen molar-refractivity contribution in [2.45, 2.75) is 19.4 Å². The van der Waals surface area contributed by atoms with E-state index >= 15 is 0 Å². The molecule has 1 aliphatic rings. The number of thiophene rings is 1. The maximum absolute atomic E-state index is 12.3. The second kappa shape index (κ2) is 6.14. The predicted octanol–water partition coefficient (Wildman–Crippen LogP) is 3.34. The van der Waals surface area contributed by atoms with Gasteiger partial charge in [0.15, 0.2) is 0 Å². The first-order valence-corrected chi connectivity index (χ1v) is 8.16. The van der Waals surface area contributed by atoms with E-state index in [2.05, 4.69) is 10.3 Å². The normalized spacial score (nSPS) is 17.0. The van der Waals surface area contributed by atoms with Crippen LogP contribution in [-0.4, -0.2) is 28.7 Å². The van der Waals surface area contributed by atoms with Crippen molar-refractivity contribution in [3.63, 3.8) is 0 Å². The van der Waals surface area contributed by atoms with Gasteiger partial charge in [0, 0.05) is 16.1 Å². The van der Waals surface area contributed by atoms with Crippen molar-refractivity contribution in [2.75, 3.05) is 5.32 Å². The number of hydrogen-bond donors (Lipinski definition) is 2. The molecule has 0 spiro atoms. The average molecular weight is 349 g/mol. The fourth-order valence-corrected chi connectivity index (χ4v) is 3.51. The van der Waals surface area contributed by atoms with E-state index in [1.54, 1.807) is 12.1 Å². The fourth-order valence-electron chi connectivity index (χ4n) is 2.44. The molecule has 0 aliphatic carbocycles. The molecule has 2 heterocycles. The van der Waals surface area contributed by atoms with Gasteiger partial charge in [-0.25, -0.2) is 0 Å². The summed E-state index contributed by atoms with van der Waals surface area (Å²) in [5, 5.41) is 15.0. The molecule has 1 aromatic carbocycles. The number of carbonyl (C=O) groups excluding carboxylic acids is 1. The van der Waals surface area contributed by atoms with Gasteiger partial charge in [-0.05, 0) is 30.0 Å². The Labute approximate surface area is 141 Å². The van der Waals surface area contributed by atoms with Gasteiger partial charge in [-0.3, -0.25) is 14.6 Å². The maximum Gasteiger partial charge on any atom is 0.306 e. The molecule has 1 amide bonds. The lowest BCUT2D eigenvalue weighted by molar-refractivity contribution is -0.138. The van der Waals surface area contributed by atoms with Crippen LogP contribution in [0.15, 0.2) is 34.6 Å². The molecular weight excluding hydrogens is 336 g/mol. The van der Waals surface area contributed by atoms with Crippen molar-refractivity contribution in [3.05, 3.63) is 51.4 Å². The summed E-state index contributed by atoms with van der Waals surface area (Å²) >= 11 is 7.34. The van der Waals surface area contributed by atoms with E-state index in [0.29, 0.717) is 15.7 Å². The summed E-state index contributed by atoms with van der Waals surface area (Å²) in [4.78, 5) is 27.7. The number of nitrogens with one attached hydrogen (secondary N) is 1. The van der Waals surface area contributed by atoms with Crippen LogP contribution >= 0.6 is 22.9 Å². The Kier molecular flexibility index (Phi) is 4.19. The minimum atomic E-state index is -1.06. The molecule has 1 aromatic heterocycles. The number of anilines is 1. The van der Waals surface area contributed by atoms with E-state index in [9.17, 15) is 9.59 Å². The van der Waals surface area contributed by atoms with Gasteiger partial charge >= 0.3 is 5.97 Å². The number of nitrogens with zero attached hydrogens (tertiary/aromatic N) is 1. The third-order valence-corrected chi connectivity index (χ3v) is 4.79. The van der Waals surface area contributed by atoms with Gasteiger partial charge in [0.1, 0.15) is 11.0 Å². The summed E-state index contributed by atoms with van der Waals surface area (Å²) in [6, 6.07) is 6.16. The van der Waals surface area contributed by atoms with Gasteiger partial charge in [0.2, 0.25) is 5.91 Å². The Hall–Kier alpha value is -2.18. The number of fused-ring (bicyclic) bond motifs is 1. The van der Waals surface area contributed by atoms with Crippen molar-refractivity contribution in [1.29, 1.82) is 0 Å². The van der Waals surface area contributed by atoms with Gasteiger partial charge in [0.05, 0.1) is 12.1 Å². The second-order valence-corrected chi connectivity index (χ2v) is 6.53. The molecule has 1 atom stereocenters. The number of halogens is 1. The van der Waals surface area contributed by atoms with Crippen LogP contribution < -0.4 is 5.32 Å². The third-order valence-electron chi connectivity index (χ3n) is 3.52. The van der Waals surface area contributed by atoms with E-state index in [1.165, 1.54) is 11.3 Å². The predicted molar refractivity (Wildman–Crippen MR) is 90.8 cm³/mol. The van der Waals surface area contributed by atoms with E-state index in [0.717, 1.165) is 16.7 Å². The quantitative estimate of drug-likeness (QED) is 0.892. The molecule has 23 heavy (non-hydrogen) atoms. The average Bonchev–Trinajstić information content (AvgIpc) is 2.78. The summed E-state index contributed by atoms with van der Waals surface area (Å²) < 4.78 is 0. The smallest absolute Gasteiger partial charge is 0.306 e. The summed E-state index contributed by atoms with van der Waals surface area (Å²) in [6.45, 7) is 1.93. The molecule has 5 nitrogen and oxygen atoms in total. The van der Waals surface area contributed by atoms with Crippen molar-refractivity contribution < 1.29 is 14.7 Å². The van der Waals surface area contributed by atoms with Crippen LogP contribution in [0.2, 0.25) is 5.02 Å². The van der Waals surface area contributed by atoms with Crippen molar-refractivity contribution >= 4 is 45.5 Å². The number of aliphatic carboxylic acids is 1. The SMILES string of the molecule is Cc1csc2c1C(c1ccc(Cl)cc1)=NC(CC(=O)O)C(=O)N2. The molecule has 3 rings (SSSR count). The van der Waals surface area contributed by atoms with Crippen LogP contribution in [0.25, 0.3) is 0 Å². The number of carboxylic acid groups (broad SMARTS) is 1. The maximum atomic E-state index is 12.3. The van der Waals surface area contributed by atoms with E-state index in [1.807, 2.05) is 24.4 Å². The van der Waals surface area contributed by atoms with Crippen molar-refractivity contribution in [3.8, 4) is 0 Å². The van der Waals surface area contributed by atoms with Crippen LogP contribution in [-0.2, 0) is 9.59 Å². The van der Waals surface area contributed by atoms with Gasteiger partial charge < -0.3 is 10.4 Å². The highest BCUT2D eigenvalue weighted by atomic mass is 35.5. The highest BCUT2D eigenvalue weighted by Crippen LogP contribution is 2.33. The third kappa shape index (κ3) is 3.13. The van der Waals surface area contributed by atoms with E-state index in [4.69, 9.17) is 16.7 Å². The number of benzene rings is 1. The number of aryl methyl sites for hydroxylation is 1. The molecule has 0 radical (unpaired) electrons. The monoisotopic (exact) mass is 348 g/mol. The zero-order chi connectivity index (χ0) is 16.6. The van der Waals surface area contributed by atoms with Crippen LogP contribution in [0, 0.1) is 6.92 Å². The standard InChI is InChI=1S/C16H13ClN2O3S/c1-8-7-23-16-13(8)14(9-2-4-10(17)5-3-9)18-11(6-12(20)21)15(22)19-16/h2-5,7,11H,6H2,1H3,(H,19,22)(H,20,21). The van der Waals surface area contributed by atoms with Gasteiger partial charge in [0.25, 0.3) is 0 Å². The molecule has 0 saturated carbocycles. The number of amides is 1. The van der Waals surface area contributed by atoms with Crippen LogP contribution in [0.3, 0.4) is 0 Å². The molecule has 2 aromatic rings. The molecular formula is C16H13ClN2O3S. The first-order chi connectivity index (χ1) is 11.0. The zero-order valence-electron chi connectivity index (χ0n) is 12.2. The lowest BCUT2D eigenvalue weighted by atomic mass is 10.0. The molecule has 2 N–H and O–H groups in total. The summed E-state index contributed by atoms with van der Waals surface area (Å²) in [5.74, 6) is -1.47. The molecule has 1 aliphatic heterocycles. The van der Waals surface area contributed by atoms with Gasteiger partial charge in [-0.2, -0.15) is 0 Å². The summed E-state index contributed by atoms with van der Waals surface area (Å²) in [6.07, 6.45) is -0.350. The fraction of sp³-hybridized carbons (Fsp3) is 0.188. The molecule has 1 unspecified atom stereocenters. The Morgan fingerprint density at radius 1 is 1.39 bits per heavy atom. The lowest BCUT2D eigenvalue weighted by Crippen LogP contribution is -2.27. The first kappa shape index (κ1) is 15.7. The molecule has 118 valence electrons. The Bertz CT molecular complexity index is 811. The van der Waals surface area contributed by atoms with Crippen LogP contribution in [0.5, 0.6) is 0 Å². The number of rotatable bonds is 3. The van der Waals surface area contributed by atoms with Crippen molar-refractivity contribution in [2.24, 2.45) is 4.99 Å².